The molecule has 1 aliphatic heterocycles. The van der Waals surface area contributed by atoms with E-state index >= 15 is 0 Å². The molecule has 0 aromatic heterocycles. The lowest BCUT2D eigenvalue weighted by Crippen LogP contribution is -2.69. The van der Waals surface area contributed by atoms with E-state index in [1.54, 1.807) is 19.1 Å². The van der Waals surface area contributed by atoms with Crippen LogP contribution in [0.3, 0.4) is 0 Å². The SMILES string of the molecule is CCCN1C(=O)CN(S(=O)(=O)c2ccc(OC)cc2)CC1(C)C(=O)NCc1ccc(C)cc1. The second kappa shape index (κ2) is 9.93. The van der Waals surface area contributed by atoms with Crippen molar-refractivity contribution in [2.24, 2.45) is 0 Å². The van der Waals surface area contributed by atoms with Gasteiger partial charge in [0.15, 0.2) is 0 Å². The van der Waals surface area contributed by atoms with Crippen molar-refractivity contribution in [3.63, 3.8) is 0 Å². The highest BCUT2D eigenvalue weighted by Gasteiger charge is 2.49. The molecule has 0 spiro atoms. The van der Waals surface area contributed by atoms with Crippen LogP contribution in [-0.4, -0.2) is 61.7 Å². The standard InChI is InChI=1S/C24H31N3O5S/c1-5-14-27-22(28)16-26(33(30,31)21-12-10-20(32-4)11-13-21)17-24(27,3)23(29)25-15-19-8-6-18(2)7-9-19/h6-13H,5,14-17H2,1-4H3,(H,25,29). The number of sulfonamides is 1. The van der Waals surface area contributed by atoms with Crippen molar-refractivity contribution in [2.75, 3.05) is 26.7 Å². The van der Waals surface area contributed by atoms with Gasteiger partial charge in [-0.15, -0.1) is 0 Å². The summed E-state index contributed by atoms with van der Waals surface area (Å²) in [6.45, 7) is 5.73. The number of aryl methyl sites for hydroxylation is 1. The summed E-state index contributed by atoms with van der Waals surface area (Å²) in [5, 5.41) is 2.89. The van der Waals surface area contributed by atoms with Crippen molar-refractivity contribution >= 4 is 21.8 Å². The Bertz CT molecular complexity index is 1100. The van der Waals surface area contributed by atoms with Crippen LogP contribution in [-0.2, 0) is 26.2 Å². The van der Waals surface area contributed by atoms with E-state index in [1.165, 1.54) is 24.1 Å². The lowest BCUT2D eigenvalue weighted by Gasteiger charge is -2.46. The van der Waals surface area contributed by atoms with Crippen LogP contribution in [0.15, 0.2) is 53.4 Å². The molecule has 3 rings (SSSR count). The summed E-state index contributed by atoms with van der Waals surface area (Å²) in [6, 6.07) is 13.7. The van der Waals surface area contributed by atoms with Gasteiger partial charge in [0.05, 0.1) is 18.6 Å². The highest BCUT2D eigenvalue weighted by Crippen LogP contribution is 2.28. The van der Waals surface area contributed by atoms with Crippen LogP contribution in [0, 0.1) is 6.92 Å². The number of hydrogen-bond donors (Lipinski definition) is 1. The van der Waals surface area contributed by atoms with E-state index in [0.717, 1.165) is 15.4 Å². The zero-order valence-corrected chi connectivity index (χ0v) is 20.3. The first kappa shape index (κ1) is 24.7. The zero-order chi connectivity index (χ0) is 24.2. The third kappa shape index (κ3) is 5.20. The van der Waals surface area contributed by atoms with Crippen molar-refractivity contribution in [1.29, 1.82) is 0 Å². The Hall–Kier alpha value is -2.91. The van der Waals surface area contributed by atoms with Crippen molar-refractivity contribution in [3.8, 4) is 5.75 Å². The Morgan fingerprint density at radius 3 is 2.33 bits per heavy atom. The predicted octanol–water partition coefficient (Wildman–Crippen LogP) is 2.32. The summed E-state index contributed by atoms with van der Waals surface area (Å²) < 4.78 is 32.8. The van der Waals surface area contributed by atoms with Gasteiger partial charge >= 0.3 is 0 Å². The molecule has 1 aliphatic rings. The number of methoxy groups -OCH3 is 1. The van der Waals surface area contributed by atoms with E-state index in [1.807, 2.05) is 38.1 Å². The number of ether oxygens (including phenoxy) is 1. The fourth-order valence-corrected chi connectivity index (χ4v) is 5.41. The Labute approximate surface area is 195 Å². The molecule has 178 valence electrons. The number of benzene rings is 2. The highest BCUT2D eigenvalue weighted by molar-refractivity contribution is 7.89. The fraction of sp³-hybridized carbons (Fsp3) is 0.417. The minimum atomic E-state index is -3.98. The number of amides is 2. The van der Waals surface area contributed by atoms with Gasteiger partial charge in [0.25, 0.3) is 0 Å². The molecule has 8 nitrogen and oxygen atoms in total. The lowest BCUT2D eigenvalue weighted by atomic mass is 9.95. The maximum absolute atomic E-state index is 13.3. The number of nitrogens with zero attached hydrogens (tertiary/aromatic N) is 2. The average molecular weight is 474 g/mol. The molecular weight excluding hydrogens is 442 g/mol. The predicted molar refractivity (Wildman–Crippen MR) is 125 cm³/mol. The normalized spacial score (nSPS) is 19.4. The number of carbonyl (C=O) groups is 2. The van der Waals surface area contributed by atoms with Gasteiger partial charge in [-0.1, -0.05) is 36.8 Å². The van der Waals surface area contributed by atoms with Gasteiger partial charge < -0.3 is 15.0 Å². The molecule has 33 heavy (non-hydrogen) atoms. The van der Waals surface area contributed by atoms with Crippen molar-refractivity contribution in [1.82, 2.24) is 14.5 Å². The van der Waals surface area contributed by atoms with Crippen LogP contribution in [0.4, 0.5) is 0 Å². The molecule has 0 aliphatic carbocycles. The summed E-state index contributed by atoms with van der Waals surface area (Å²) in [7, 11) is -2.49. The molecule has 2 aromatic carbocycles. The molecule has 1 unspecified atom stereocenters. The second-order valence-electron chi connectivity index (χ2n) is 8.44. The Kier molecular flexibility index (Phi) is 7.44. The monoisotopic (exact) mass is 473 g/mol. The Morgan fingerprint density at radius 2 is 1.76 bits per heavy atom. The lowest BCUT2D eigenvalue weighted by molar-refractivity contribution is -0.152. The minimum Gasteiger partial charge on any atom is -0.497 e. The van der Waals surface area contributed by atoms with Crippen LogP contribution in [0.2, 0.25) is 0 Å². The molecule has 0 bridgehead atoms. The quantitative estimate of drug-likeness (QED) is 0.635. The van der Waals surface area contributed by atoms with Crippen molar-refractivity contribution in [3.05, 3.63) is 59.7 Å². The molecular formula is C24H31N3O5S. The molecule has 0 radical (unpaired) electrons. The second-order valence-corrected chi connectivity index (χ2v) is 10.4. The van der Waals surface area contributed by atoms with Crippen LogP contribution in [0.25, 0.3) is 0 Å². The first-order valence-corrected chi connectivity index (χ1v) is 12.3. The maximum Gasteiger partial charge on any atom is 0.247 e. The van der Waals surface area contributed by atoms with E-state index in [4.69, 9.17) is 4.74 Å². The highest BCUT2D eigenvalue weighted by atomic mass is 32.2. The Balaban J connectivity index is 1.86. The molecule has 2 amide bonds. The van der Waals surface area contributed by atoms with Crippen molar-refractivity contribution in [2.45, 2.75) is 44.2 Å². The smallest absolute Gasteiger partial charge is 0.247 e. The van der Waals surface area contributed by atoms with E-state index in [9.17, 15) is 18.0 Å². The number of piperazine rings is 1. The number of carbonyl (C=O) groups excluding carboxylic acids is 2. The maximum atomic E-state index is 13.3. The zero-order valence-electron chi connectivity index (χ0n) is 19.5. The summed E-state index contributed by atoms with van der Waals surface area (Å²) in [5.41, 5.74) is 0.697. The van der Waals surface area contributed by atoms with Crippen LogP contribution < -0.4 is 10.1 Å². The van der Waals surface area contributed by atoms with Crippen LogP contribution in [0.1, 0.15) is 31.4 Å². The fourth-order valence-electron chi connectivity index (χ4n) is 3.93. The molecule has 1 saturated heterocycles. The average Bonchev–Trinajstić information content (AvgIpc) is 2.80. The largest absolute Gasteiger partial charge is 0.497 e. The van der Waals surface area contributed by atoms with Gasteiger partial charge in [0.1, 0.15) is 11.3 Å². The molecule has 1 heterocycles. The van der Waals surface area contributed by atoms with Gasteiger partial charge in [-0.2, -0.15) is 4.31 Å². The molecule has 0 saturated carbocycles. The number of hydrogen-bond acceptors (Lipinski definition) is 5. The molecule has 9 heteroatoms. The minimum absolute atomic E-state index is 0.0439. The molecule has 1 atom stereocenters. The van der Waals surface area contributed by atoms with Gasteiger partial charge in [-0.25, -0.2) is 8.42 Å². The van der Waals surface area contributed by atoms with Gasteiger partial charge in [0.2, 0.25) is 21.8 Å². The molecule has 1 N–H and O–H groups in total. The summed E-state index contributed by atoms with van der Waals surface area (Å²) in [4.78, 5) is 27.9. The van der Waals surface area contributed by atoms with Gasteiger partial charge in [-0.05, 0) is 50.1 Å². The number of rotatable bonds is 8. The van der Waals surface area contributed by atoms with Crippen LogP contribution >= 0.6 is 0 Å². The van der Waals surface area contributed by atoms with Gasteiger partial charge in [0, 0.05) is 19.6 Å². The van der Waals surface area contributed by atoms with Crippen LogP contribution in [0.5, 0.6) is 5.75 Å². The van der Waals surface area contributed by atoms with E-state index < -0.39 is 21.5 Å². The third-order valence-corrected chi connectivity index (χ3v) is 7.71. The number of nitrogens with one attached hydrogen (secondary N) is 1. The molecule has 2 aromatic rings. The summed E-state index contributed by atoms with van der Waals surface area (Å²) >= 11 is 0. The van der Waals surface area contributed by atoms with E-state index in [0.29, 0.717) is 18.7 Å². The molecule has 1 fully saturated rings. The first-order chi connectivity index (χ1) is 15.6. The third-order valence-electron chi connectivity index (χ3n) is 5.90. The van der Waals surface area contributed by atoms with Crippen molar-refractivity contribution < 1.29 is 22.7 Å². The van der Waals surface area contributed by atoms with Gasteiger partial charge in [-0.3, -0.25) is 9.59 Å². The summed E-state index contributed by atoms with van der Waals surface area (Å²) in [5.74, 6) is -0.259. The topological polar surface area (TPSA) is 96.0 Å². The van der Waals surface area contributed by atoms with E-state index in [2.05, 4.69) is 5.32 Å². The van der Waals surface area contributed by atoms with E-state index in [-0.39, 0.29) is 30.4 Å². The first-order valence-electron chi connectivity index (χ1n) is 10.9. The summed E-state index contributed by atoms with van der Waals surface area (Å²) in [6.07, 6.45) is 0.651. The Morgan fingerprint density at radius 1 is 1.12 bits per heavy atom.